The number of amides is 2. The molecule has 0 aliphatic carbocycles. The number of rotatable bonds is 5. The van der Waals surface area contributed by atoms with Crippen molar-refractivity contribution in [1.82, 2.24) is 10.2 Å². The third-order valence-corrected chi connectivity index (χ3v) is 4.14. The molecule has 6 nitrogen and oxygen atoms in total. The van der Waals surface area contributed by atoms with Gasteiger partial charge in [0.2, 0.25) is 11.8 Å². The van der Waals surface area contributed by atoms with Crippen molar-refractivity contribution in [3.63, 3.8) is 0 Å². The van der Waals surface area contributed by atoms with Gasteiger partial charge in [-0.25, -0.2) is 0 Å². The van der Waals surface area contributed by atoms with Crippen LogP contribution in [-0.4, -0.2) is 62.7 Å². The summed E-state index contributed by atoms with van der Waals surface area (Å²) in [5.41, 5.74) is -0.221. The van der Waals surface area contributed by atoms with Crippen molar-refractivity contribution in [2.45, 2.75) is 19.1 Å². The normalized spacial score (nSPS) is 16.3. The summed E-state index contributed by atoms with van der Waals surface area (Å²) < 4.78 is 43.5. The van der Waals surface area contributed by atoms with E-state index in [1.165, 1.54) is 20.1 Å². The Morgan fingerprint density at radius 3 is 2.42 bits per heavy atom. The van der Waals surface area contributed by atoms with E-state index >= 15 is 0 Å². The van der Waals surface area contributed by atoms with Gasteiger partial charge >= 0.3 is 6.18 Å². The van der Waals surface area contributed by atoms with Crippen LogP contribution in [0.1, 0.15) is 12.5 Å². The number of carbonyl (C=O) groups excluding carboxylic acids is 2. The summed E-state index contributed by atoms with van der Waals surface area (Å²) >= 11 is 0. The SMILES string of the molecule is COC[C@H](NC(C)=O)C(=O)N1CCN(c2cccc(C(F)(F)F)c2)CC1. The van der Waals surface area contributed by atoms with E-state index in [1.807, 2.05) is 4.90 Å². The number of benzene rings is 1. The van der Waals surface area contributed by atoms with E-state index < -0.39 is 17.8 Å². The van der Waals surface area contributed by atoms with Gasteiger partial charge in [0.25, 0.3) is 0 Å². The standard InChI is InChI=1S/C17H22F3N3O3/c1-12(24)21-15(11-26-2)16(25)23-8-6-22(7-9-23)14-5-3-4-13(10-14)17(18,19)20/h3-5,10,15H,6-9,11H2,1-2H3,(H,21,24)/t15-/m0/s1. The van der Waals surface area contributed by atoms with Crippen molar-refractivity contribution in [3.8, 4) is 0 Å². The molecular formula is C17H22F3N3O3. The molecule has 0 saturated carbocycles. The van der Waals surface area contributed by atoms with E-state index in [1.54, 1.807) is 11.0 Å². The van der Waals surface area contributed by atoms with Gasteiger partial charge in [0, 0.05) is 45.9 Å². The van der Waals surface area contributed by atoms with Crippen LogP contribution in [0.15, 0.2) is 24.3 Å². The summed E-state index contributed by atoms with van der Waals surface area (Å²) in [7, 11) is 1.44. The largest absolute Gasteiger partial charge is 0.416 e. The van der Waals surface area contributed by atoms with Crippen LogP contribution in [0.4, 0.5) is 18.9 Å². The van der Waals surface area contributed by atoms with Crippen molar-refractivity contribution in [3.05, 3.63) is 29.8 Å². The molecule has 1 heterocycles. The average molecular weight is 373 g/mol. The topological polar surface area (TPSA) is 61.9 Å². The summed E-state index contributed by atoms with van der Waals surface area (Å²) in [4.78, 5) is 27.1. The monoisotopic (exact) mass is 373 g/mol. The summed E-state index contributed by atoms with van der Waals surface area (Å²) in [5.74, 6) is -0.589. The molecule has 0 unspecified atom stereocenters. The van der Waals surface area contributed by atoms with Crippen molar-refractivity contribution in [2.24, 2.45) is 0 Å². The van der Waals surface area contributed by atoms with Gasteiger partial charge in [0.1, 0.15) is 6.04 Å². The minimum atomic E-state index is -4.39. The summed E-state index contributed by atoms with van der Waals surface area (Å²) in [5, 5.41) is 2.55. The molecule has 2 amide bonds. The molecule has 0 bridgehead atoms. The lowest BCUT2D eigenvalue weighted by Crippen LogP contribution is -2.56. The summed E-state index contributed by atoms with van der Waals surface area (Å²) in [6, 6.07) is 4.38. The van der Waals surface area contributed by atoms with E-state index in [2.05, 4.69) is 5.32 Å². The van der Waals surface area contributed by atoms with Crippen LogP contribution in [0.25, 0.3) is 0 Å². The highest BCUT2D eigenvalue weighted by molar-refractivity contribution is 5.87. The van der Waals surface area contributed by atoms with E-state index in [4.69, 9.17) is 4.74 Å². The van der Waals surface area contributed by atoms with Crippen molar-refractivity contribution in [2.75, 3.05) is 44.8 Å². The smallest absolute Gasteiger partial charge is 0.382 e. The number of methoxy groups -OCH3 is 1. The third-order valence-electron chi connectivity index (χ3n) is 4.14. The molecule has 0 radical (unpaired) electrons. The first-order valence-electron chi connectivity index (χ1n) is 8.19. The Morgan fingerprint density at radius 1 is 1.23 bits per heavy atom. The second-order valence-electron chi connectivity index (χ2n) is 6.07. The maximum Gasteiger partial charge on any atom is 0.416 e. The van der Waals surface area contributed by atoms with Crippen LogP contribution in [0.5, 0.6) is 0 Å². The highest BCUT2D eigenvalue weighted by Crippen LogP contribution is 2.31. The number of piperazine rings is 1. The van der Waals surface area contributed by atoms with E-state index in [-0.39, 0.29) is 18.4 Å². The van der Waals surface area contributed by atoms with Crippen LogP contribution >= 0.6 is 0 Å². The molecule has 1 aliphatic heterocycles. The number of hydrogen-bond acceptors (Lipinski definition) is 4. The van der Waals surface area contributed by atoms with Crippen LogP contribution in [-0.2, 0) is 20.5 Å². The summed E-state index contributed by atoms with van der Waals surface area (Å²) in [6.45, 7) is 2.91. The van der Waals surface area contributed by atoms with Crippen molar-refractivity contribution in [1.29, 1.82) is 0 Å². The first-order valence-corrected chi connectivity index (χ1v) is 8.19. The molecule has 1 atom stereocenters. The number of nitrogens with one attached hydrogen (secondary N) is 1. The van der Waals surface area contributed by atoms with Gasteiger partial charge in [0.05, 0.1) is 12.2 Å². The molecule has 1 aromatic carbocycles. The average Bonchev–Trinajstić information content (AvgIpc) is 2.60. The lowest BCUT2D eigenvalue weighted by molar-refractivity contribution is -0.137. The lowest BCUT2D eigenvalue weighted by atomic mass is 10.1. The quantitative estimate of drug-likeness (QED) is 0.850. The van der Waals surface area contributed by atoms with E-state index in [9.17, 15) is 22.8 Å². The molecule has 144 valence electrons. The van der Waals surface area contributed by atoms with Crippen LogP contribution in [0.2, 0.25) is 0 Å². The minimum absolute atomic E-state index is 0.0618. The number of anilines is 1. The number of hydrogen-bond donors (Lipinski definition) is 1. The molecule has 1 fully saturated rings. The van der Waals surface area contributed by atoms with Crippen LogP contribution in [0, 0.1) is 0 Å². The second kappa shape index (κ2) is 8.39. The van der Waals surface area contributed by atoms with Crippen molar-refractivity contribution < 1.29 is 27.5 Å². The fourth-order valence-electron chi connectivity index (χ4n) is 2.87. The number of nitrogens with zero attached hydrogens (tertiary/aromatic N) is 2. The first-order chi connectivity index (χ1) is 12.2. The van der Waals surface area contributed by atoms with Crippen LogP contribution in [0.3, 0.4) is 0 Å². The molecule has 1 N–H and O–H groups in total. The molecule has 26 heavy (non-hydrogen) atoms. The molecule has 1 saturated heterocycles. The van der Waals surface area contributed by atoms with Gasteiger partial charge in [-0.3, -0.25) is 9.59 Å². The Kier molecular flexibility index (Phi) is 6.47. The molecule has 2 rings (SSSR count). The lowest BCUT2D eigenvalue weighted by Gasteiger charge is -2.37. The summed E-state index contributed by atoms with van der Waals surface area (Å²) in [6.07, 6.45) is -4.39. The molecule has 0 aromatic heterocycles. The van der Waals surface area contributed by atoms with E-state index in [0.29, 0.717) is 31.9 Å². The third kappa shape index (κ3) is 5.10. The zero-order valence-corrected chi connectivity index (χ0v) is 14.7. The minimum Gasteiger partial charge on any atom is -0.382 e. The Morgan fingerprint density at radius 2 is 1.88 bits per heavy atom. The van der Waals surface area contributed by atoms with Gasteiger partial charge in [-0.05, 0) is 18.2 Å². The molecular weight excluding hydrogens is 351 g/mol. The van der Waals surface area contributed by atoms with Gasteiger partial charge in [-0.15, -0.1) is 0 Å². The van der Waals surface area contributed by atoms with E-state index in [0.717, 1.165) is 12.1 Å². The molecule has 9 heteroatoms. The Hall–Kier alpha value is -2.29. The number of ether oxygens (including phenoxy) is 1. The second-order valence-corrected chi connectivity index (χ2v) is 6.07. The van der Waals surface area contributed by atoms with Crippen LogP contribution < -0.4 is 10.2 Å². The highest BCUT2D eigenvalue weighted by atomic mass is 19.4. The van der Waals surface area contributed by atoms with Gasteiger partial charge in [-0.2, -0.15) is 13.2 Å². The fourth-order valence-corrected chi connectivity index (χ4v) is 2.87. The maximum absolute atomic E-state index is 12.9. The van der Waals surface area contributed by atoms with Gasteiger partial charge in [-0.1, -0.05) is 6.07 Å². The number of carbonyl (C=O) groups is 2. The zero-order chi connectivity index (χ0) is 19.3. The predicted octanol–water partition coefficient (Wildman–Crippen LogP) is 1.51. The molecule has 0 spiro atoms. The predicted molar refractivity (Wildman–Crippen MR) is 89.7 cm³/mol. The fraction of sp³-hybridized carbons (Fsp3) is 0.529. The number of halogens is 3. The van der Waals surface area contributed by atoms with Gasteiger partial charge < -0.3 is 19.9 Å². The zero-order valence-electron chi connectivity index (χ0n) is 14.7. The molecule has 1 aliphatic rings. The number of alkyl halides is 3. The van der Waals surface area contributed by atoms with Gasteiger partial charge in [0.15, 0.2) is 0 Å². The Labute approximate surface area is 149 Å². The highest BCUT2D eigenvalue weighted by Gasteiger charge is 2.32. The Balaban J connectivity index is 2.00. The first kappa shape index (κ1) is 20.0. The Bertz CT molecular complexity index is 644. The molecule has 1 aromatic rings. The van der Waals surface area contributed by atoms with Crippen molar-refractivity contribution >= 4 is 17.5 Å². The maximum atomic E-state index is 12.9.